The van der Waals surface area contributed by atoms with Crippen molar-refractivity contribution in [2.24, 2.45) is 0 Å². The van der Waals surface area contributed by atoms with Crippen LogP contribution >= 0.6 is 0 Å². The quantitative estimate of drug-likeness (QED) is 0.682. The highest BCUT2D eigenvalue weighted by molar-refractivity contribution is 5.81. The Labute approximate surface area is 181 Å². The Morgan fingerprint density at radius 1 is 1.00 bits per heavy atom. The van der Waals surface area contributed by atoms with Crippen LogP contribution in [0.3, 0.4) is 0 Å². The monoisotopic (exact) mass is 409 g/mol. The number of benzene rings is 2. The second-order valence-corrected chi connectivity index (χ2v) is 7.86. The van der Waals surface area contributed by atoms with Gasteiger partial charge in [0.15, 0.2) is 0 Å². The molecule has 0 spiro atoms. The fourth-order valence-corrected chi connectivity index (χ4v) is 4.11. The third-order valence-electron chi connectivity index (χ3n) is 6.03. The Hall–Kier alpha value is -2.53. The molecule has 5 heteroatoms. The lowest BCUT2D eigenvalue weighted by molar-refractivity contribution is -0.126. The molecule has 0 saturated carbocycles. The van der Waals surface area contributed by atoms with Crippen molar-refractivity contribution in [3.8, 4) is 5.75 Å². The Morgan fingerprint density at radius 2 is 1.67 bits per heavy atom. The lowest BCUT2D eigenvalue weighted by Crippen LogP contribution is -2.54. The zero-order valence-electron chi connectivity index (χ0n) is 18.5. The molecule has 0 radical (unpaired) electrons. The fraction of sp³-hybridized carbons (Fsp3) is 0.480. The highest BCUT2D eigenvalue weighted by Gasteiger charge is 2.27. The number of piperazine rings is 1. The second kappa shape index (κ2) is 11.0. The average molecular weight is 410 g/mol. The highest BCUT2D eigenvalue weighted by Crippen LogP contribution is 2.29. The molecule has 3 rings (SSSR count). The number of ether oxygens (including phenoxy) is 1. The minimum atomic E-state index is -0.123. The number of nitrogens with zero attached hydrogens (tertiary/aromatic N) is 2. The average Bonchev–Trinajstić information content (AvgIpc) is 2.80. The number of nitrogens with one attached hydrogen (secondary N) is 1. The SMILES string of the molecule is CCOc1ccccc1N1CCN([C@H](C)C(=O)NC[C@H](CC)c2ccccc2)CC1. The van der Waals surface area contributed by atoms with E-state index >= 15 is 0 Å². The van der Waals surface area contributed by atoms with Crippen molar-refractivity contribution < 1.29 is 9.53 Å². The van der Waals surface area contributed by atoms with E-state index in [1.54, 1.807) is 0 Å². The molecule has 1 N–H and O–H groups in total. The molecule has 1 amide bonds. The lowest BCUT2D eigenvalue weighted by atomic mass is 9.96. The summed E-state index contributed by atoms with van der Waals surface area (Å²) in [5.74, 6) is 1.41. The van der Waals surface area contributed by atoms with Crippen LogP contribution in [0.25, 0.3) is 0 Å². The first-order valence-corrected chi connectivity index (χ1v) is 11.2. The molecule has 2 aromatic carbocycles. The first-order chi connectivity index (χ1) is 14.6. The van der Waals surface area contributed by atoms with Crippen LogP contribution < -0.4 is 15.0 Å². The van der Waals surface area contributed by atoms with Gasteiger partial charge < -0.3 is 15.0 Å². The lowest BCUT2D eigenvalue weighted by Gasteiger charge is -2.39. The van der Waals surface area contributed by atoms with Crippen molar-refractivity contribution in [1.82, 2.24) is 10.2 Å². The molecule has 1 aliphatic rings. The van der Waals surface area contributed by atoms with E-state index in [2.05, 4.69) is 58.4 Å². The maximum Gasteiger partial charge on any atom is 0.237 e. The first-order valence-electron chi connectivity index (χ1n) is 11.2. The van der Waals surface area contributed by atoms with Gasteiger partial charge in [0.1, 0.15) is 5.75 Å². The smallest absolute Gasteiger partial charge is 0.237 e. The molecular weight excluding hydrogens is 374 g/mol. The van der Waals surface area contributed by atoms with Gasteiger partial charge in [0.2, 0.25) is 5.91 Å². The van der Waals surface area contributed by atoms with E-state index < -0.39 is 0 Å². The number of amides is 1. The number of hydrogen-bond acceptors (Lipinski definition) is 4. The van der Waals surface area contributed by atoms with Crippen LogP contribution in [0.15, 0.2) is 54.6 Å². The first kappa shape index (κ1) is 22.2. The Kier molecular flexibility index (Phi) is 8.14. The van der Waals surface area contributed by atoms with Crippen LogP contribution in [0.1, 0.15) is 38.7 Å². The van der Waals surface area contributed by atoms with Gasteiger partial charge in [0.25, 0.3) is 0 Å². The van der Waals surface area contributed by atoms with E-state index in [1.807, 2.05) is 32.0 Å². The van der Waals surface area contributed by atoms with Crippen molar-refractivity contribution in [2.75, 3.05) is 44.2 Å². The molecule has 162 valence electrons. The summed E-state index contributed by atoms with van der Waals surface area (Å²) < 4.78 is 5.78. The number of carbonyl (C=O) groups is 1. The third kappa shape index (κ3) is 5.54. The molecule has 30 heavy (non-hydrogen) atoms. The van der Waals surface area contributed by atoms with Crippen LogP contribution in [-0.2, 0) is 4.79 Å². The molecule has 0 aliphatic carbocycles. The van der Waals surface area contributed by atoms with Gasteiger partial charge in [-0.3, -0.25) is 9.69 Å². The van der Waals surface area contributed by atoms with Crippen molar-refractivity contribution in [1.29, 1.82) is 0 Å². The standard InChI is InChI=1S/C25H35N3O2/c1-4-21(22-11-7-6-8-12-22)19-26-25(29)20(3)27-15-17-28(18-16-27)23-13-9-10-14-24(23)30-5-2/h6-14,20-21H,4-5,15-19H2,1-3H3,(H,26,29)/t20-,21+/m1/s1. The van der Waals surface area contributed by atoms with E-state index in [4.69, 9.17) is 4.74 Å². The number of rotatable bonds is 9. The summed E-state index contributed by atoms with van der Waals surface area (Å²) in [6.07, 6.45) is 1.01. The largest absolute Gasteiger partial charge is 0.492 e. The maximum absolute atomic E-state index is 12.8. The normalized spacial score (nSPS) is 16.7. The molecule has 1 fully saturated rings. The highest BCUT2D eigenvalue weighted by atomic mass is 16.5. The molecule has 0 unspecified atom stereocenters. The molecule has 0 aromatic heterocycles. The van der Waals surface area contributed by atoms with E-state index in [-0.39, 0.29) is 11.9 Å². The Bertz CT molecular complexity index is 788. The molecule has 1 saturated heterocycles. The molecule has 2 aromatic rings. The molecule has 0 bridgehead atoms. The molecule has 1 heterocycles. The second-order valence-electron chi connectivity index (χ2n) is 7.86. The minimum absolute atomic E-state index is 0.118. The van der Waals surface area contributed by atoms with Crippen molar-refractivity contribution in [2.45, 2.75) is 39.2 Å². The summed E-state index contributed by atoms with van der Waals surface area (Å²) in [6.45, 7) is 11.1. The van der Waals surface area contributed by atoms with Gasteiger partial charge in [-0.05, 0) is 38.0 Å². The van der Waals surface area contributed by atoms with Crippen LogP contribution in [0.4, 0.5) is 5.69 Å². The summed E-state index contributed by atoms with van der Waals surface area (Å²) >= 11 is 0. The van der Waals surface area contributed by atoms with Gasteiger partial charge >= 0.3 is 0 Å². The summed E-state index contributed by atoms with van der Waals surface area (Å²) in [4.78, 5) is 17.4. The van der Waals surface area contributed by atoms with E-state index in [1.165, 1.54) is 5.56 Å². The number of hydrogen-bond donors (Lipinski definition) is 1. The van der Waals surface area contributed by atoms with Gasteiger partial charge in [-0.15, -0.1) is 0 Å². The van der Waals surface area contributed by atoms with Gasteiger partial charge in [-0.1, -0.05) is 49.4 Å². The fourth-order valence-electron chi connectivity index (χ4n) is 4.11. The van der Waals surface area contributed by atoms with Crippen LogP contribution in [-0.4, -0.2) is 56.2 Å². The predicted molar refractivity (Wildman–Crippen MR) is 123 cm³/mol. The third-order valence-corrected chi connectivity index (χ3v) is 6.03. The number of anilines is 1. The van der Waals surface area contributed by atoms with Crippen molar-refractivity contribution in [3.63, 3.8) is 0 Å². The predicted octanol–water partition coefficient (Wildman–Crippen LogP) is 3.91. The van der Waals surface area contributed by atoms with Gasteiger partial charge in [-0.2, -0.15) is 0 Å². The van der Waals surface area contributed by atoms with E-state index in [9.17, 15) is 4.79 Å². The number of carbonyl (C=O) groups excluding carboxylic acids is 1. The summed E-state index contributed by atoms with van der Waals surface area (Å²) in [5, 5.41) is 3.18. The Balaban J connectivity index is 1.51. The van der Waals surface area contributed by atoms with E-state index in [0.29, 0.717) is 19.1 Å². The number of para-hydroxylation sites is 2. The Morgan fingerprint density at radius 3 is 2.33 bits per heavy atom. The van der Waals surface area contributed by atoms with Crippen LogP contribution in [0, 0.1) is 0 Å². The molecule has 5 nitrogen and oxygen atoms in total. The maximum atomic E-state index is 12.8. The zero-order chi connectivity index (χ0) is 21.3. The minimum Gasteiger partial charge on any atom is -0.492 e. The van der Waals surface area contributed by atoms with Crippen LogP contribution in [0.5, 0.6) is 5.75 Å². The zero-order valence-corrected chi connectivity index (χ0v) is 18.5. The van der Waals surface area contributed by atoms with Gasteiger partial charge in [-0.25, -0.2) is 0 Å². The van der Waals surface area contributed by atoms with Crippen molar-refractivity contribution in [3.05, 3.63) is 60.2 Å². The molecular formula is C25H35N3O2. The summed E-state index contributed by atoms with van der Waals surface area (Å²) in [6, 6.07) is 18.5. The topological polar surface area (TPSA) is 44.8 Å². The molecule has 1 aliphatic heterocycles. The van der Waals surface area contributed by atoms with Crippen molar-refractivity contribution >= 4 is 11.6 Å². The van der Waals surface area contributed by atoms with E-state index in [0.717, 1.165) is 44.0 Å². The molecule has 2 atom stereocenters. The van der Waals surface area contributed by atoms with Gasteiger partial charge in [0, 0.05) is 38.6 Å². The van der Waals surface area contributed by atoms with Gasteiger partial charge in [0.05, 0.1) is 18.3 Å². The summed E-state index contributed by atoms with van der Waals surface area (Å²) in [7, 11) is 0. The summed E-state index contributed by atoms with van der Waals surface area (Å²) in [5.41, 5.74) is 2.43. The van der Waals surface area contributed by atoms with Crippen LogP contribution in [0.2, 0.25) is 0 Å².